The molecule has 0 N–H and O–H groups in total. The van der Waals surface area contributed by atoms with E-state index in [2.05, 4.69) is 15.1 Å². The molecule has 1 aromatic carbocycles. The summed E-state index contributed by atoms with van der Waals surface area (Å²) in [6.45, 7) is 0. The molecule has 4 rings (SSSR count). The Kier molecular flexibility index (Phi) is 3.87. The van der Waals surface area contributed by atoms with Gasteiger partial charge in [0.15, 0.2) is 5.82 Å². The Balaban J connectivity index is 1.78. The highest BCUT2D eigenvalue weighted by Crippen LogP contribution is 2.16. The summed E-state index contributed by atoms with van der Waals surface area (Å²) >= 11 is 3.03. The Morgan fingerprint density at radius 3 is 2.54 bits per heavy atom. The van der Waals surface area contributed by atoms with Crippen LogP contribution in [-0.2, 0) is 0 Å². The van der Waals surface area contributed by atoms with Crippen LogP contribution in [0.2, 0.25) is 0 Å². The molecule has 118 valence electrons. The second-order valence-corrected chi connectivity index (χ2v) is 6.94. The zero-order valence-electron chi connectivity index (χ0n) is 12.7. The van der Waals surface area contributed by atoms with Crippen LogP contribution < -0.4 is 10.1 Å². The quantitative estimate of drug-likeness (QED) is 0.530. The summed E-state index contributed by atoms with van der Waals surface area (Å²) in [6, 6.07) is 11.7. The number of hydrogen-bond acceptors (Lipinski definition) is 6. The third-order valence-corrected chi connectivity index (χ3v) is 5.24. The van der Waals surface area contributed by atoms with Crippen LogP contribution in [0, 0.1) is 0 Å². The van der Waals surface area contributed by atoms with Crippen LogP contribution in [0.25, 0.3) is 22.4 Å². The van der Waals surface area contributed by atoms with Gasteiger partial charge in [-0.25, -0.2) is 0 Å². The van der Waals surface area contributed by atoms with E-state index in [9.17, 15) is 4.79 Å². The Morgan fingerprint density at radius 1 is 1.12 bits per heavy atom. The Labute approximate surface area is 145 Å². The fraction of sp³-hybridized carbons (Fsp3) is 0.0588. The fourth-order valence-corrected chi connectivity index (χ4v) is 3.62. The number of hydrogen-bond donors (Lipinski definition) is 0. The maximum Gasteiger partial charge on any atom is 0.291 e. The standard InChI is InChI=1S/C17H12N4OS2/c1-23-13-4-2-11(3-5-13)10-14-16(22)21-17(24-14)19-15(20-21)12-6-8-18-9-7-12/h2-10H,1H3/b14-10-. The zero-order chi connectivity index (χ0) is 16.5. The van der Waals surface area contributed by atoms with Crippen LogP contribution in [0.5, 0.6) is 0 Å². The van der Waals surface area contributed by atoms with Crippen molar-refractivity contribution in [1.29, 1.82) is 0 Å². The lowest BCUT2D eigenvalue weighted by molar-refractivity contribution is 0.936. The van der Waals surface area contributed by atoms with Crippen LogP contribution in [0.15, 0.2) is 58.5 Å². The molecule has 0 atom stereocenters. The minimum absolute atomic E-state index is 0.142. The number of aromatic nitrogens is 4. The molecule has 0 unspecified atom stereocenters. The van der Waals surface area contributed by atoms with Gasteiger partial charge in [0.25, 0.3) is 5.56 Å². The monoisotopic (exact) mass is 352 g/mol. The van der Waals surface area contributed by atoms with Crippen LogP contribution in [-0.4, -0.2) is 25.8 Å². The summed E-state index contributed by atoms with van der Waals surface area (Å²) in [4.78, 5) is 22.7. The summed E-state index contributed by atoms with van der Waals surface area (Å²) in [6.07, 6.45) is 7.27. The number of thioether (sulfide) groups is 1. The maximum absolute atomic E-state index is 12.5. The van der Waals surface area contributed by atoms with E-state index >= 15 is 0 Å². The van der Waals surface area contributed by atoms with Crippen molar-refractivity contribution in [2.75, 3.05) is 6.26 Å². The average molecular weight is 352 g/mol. The summed E-state index contributed by atoms with van der Waals surface area (Å²) in [5, 5.41) is 4.32. The first-order valence-electron chi connectivity index (χ1n) is 7.20. The lowest BCUT2D eigenvalue weighted by Crippen LogP contribution is -2.23. The normalized spacial score (nSPS) is 12.1. The lowest BCUT2D eigenvalue weighted by Gasteiger charge is -1.95. The first-order valence-corrected chi connectivity index (χ1v) is 9.24. The number of thiazole rings is 1. The lowest BCUT2D eigenvalue weighted by atomic mass is 10.2. The number of rotatable bonds is 3. The molecule has 7 heteroatoms. The van der Waals surface area contributed by atoms with E-state index in [-0.39, 0.29) is 5.56 Å². The minimum atomic E-state index is -0.142. The largest absolute Gasteiger partial charge is 0.291 e. The average Bonchev–Trinajstić information content (AvgIpc) is 3.17. The summed E-state index contributed by atoms with van der Waals surface area (Å²) < 4.78 is 1.99. The van der Waals surface area contributed by atoms with Crippen molar-refractivity contribution in [3.05, 3.63) is 69.2 Å². The van der Waals surface area contributed by atoms with Crippen molar-refractivity contribution in [2.24, 2.45) is 0 Å². The molecule has 0 bridgehead atoms. The highest BCUT2D eigenvalue weighted by Gasteiger charge is 2.11. The predicted molar refractivity (Wildman–Crippen MR) is 97.4 cm³/mol. The minimum Gasteiger partial charge on any atom is -0.266 e. The van der Waals surface area contributed by atoms with Crippen molar-refractivity contribution in [1.82, 2.24) is 19.6 Å². The molecule has 0 radical (unpaired) electrons. The Morgan fingerprint density at radius 2 is 1.88 bits per heavy atom. The molecule has 3 heterocycles. The number of benzene rings is 1. The fourth-order valence-electron chi connectivity index (χ4n) is 2.31. The number of fused-ring (bicyclic) bond motifs is 1. The zero-order valence-corrected chi connectivity index (χ0v) is 14.3. The van der Waals surface area contributed by atoms with Crippen LogP contribution in [0.3, 0.4) is 0 Å². The van der Waals surface area contributed by atoms with Gasteiger partial charge in [0.05, 0.1) is 4.53 Å². The van der Waals surface area contributed by atoms with Crippen molar-refractivity contribution in [3.8, 4) is 11.4 Å². The third-order valence-electron chi connectivity index (χ3n) is 3.53. The van der Waals surface area contributed by atoms with Gasteiger partial charge in [0.1, 0.15) is 0 Å². The van der Waals surface area contributed by atoms with E-state index in [0.717, 1.165) is 11.1 Å². The predicted octanol–water partition coefficient (Wildman–Crippen LogP) is 2.48. The molecule has 0 amide bonds. The molecule has 0 saturated heterocycles. The van der Waals surface area contributed by atoms with Gasteiger partial charge < -0.3 is 0 Å². The SMILES string of the molecule is CSc1ccc(/C=c2\sc3nc(-c4ccncc4)nn3c2=O)cc1. The number of nitrogens with zero attached hydrogens (tertiary/aromatic N) is 4. The molecule has 0 aliphatic heterocycles. The van der Waals surface area contributed by atoms with Gasteiger partial charge in [-0.15, -0.1) is 16.9 Å². The van der Waals surface area contributed by atoms with Gasteiger partial charge in [-0.05, 0) is 42.2 Å². The molecule has 5 nitrogen and oxygen atoms in total. The van der Waals surface area contributed by atoms with Crippen molar-refractivity contribution in [2.45, 2.75) is 4.90 Å². The molecule has 0 saturated carbocycles. The third kappa shape index (κ3) is 2.72. The molecular formula is C17H12N4OS2. The summed E-state index contributed by atoms with van der Waals surface area (Å²) in [5.41, 5.74) is 1.69. The molecule has 0 spiro atoms. The van der Waals surface area contributed by atoms with E-state index in [0.29, 0.717) is 15.3 Å². The van der Waals surface area contributed by atoms with Crippen LogP contribution in [0.4, 0.5) is 0 Å². The van der Waals surface area contributed by atoms with Gasteiger partial charge in [-0.1, -0.05) is 23.5 Å². The Hall–Kier alpha value is -2.51. The summed E-state index contributed by atoms with van der Waals surface area (Å²) in [5.74, 6) is 0.539. The first kappa shape index (κ1) is 15.0. The van der Waals surface area contributed by atoms with E-state index in [1.807, 2.05) is 48.7 Å². The maximum atomic E-state index is 12.5. The Bertz CT molecular complexity index is 1100. The smallest absolute Gasteiger partial charge is 0.266 e. The highest BCUT2D eigenvalue weighted by atomic mass is 32.2. The van der Waals surface area contributed by atoms with E-state index in [1.54, 1.807) is 24.2 Å². The summed E-state index contributed by atoms with van der Waals surface area (Å²) in [7, 11) is 0. The van der Waals surface area contributed by atoms with E-state index < -0.39 is 0 Å². The van der Waals surface area contributed by atoms with Gasteiger partial charge >= 0.3 is 0 Å². The number of pyridine rings is 1. The first-order chi connectivity index (χ1) is 11.7. The second-order valence-electron chi connectivity index (χ2n) is 5.05. The van der Waals surface area contributed by atoms with Crippen molar-refractivity contribution >= 4 is 34.1 Å². The molecule has 0 fully saturated rings. The van der Waals surface area contributed by atoms with E-state index in [1.165, 1.54) is 20.7 Å². The van der Waals surface area contributed by atoms with Gasteiger partial charge in [0, 0.05) is 22.9 Å². The van der Waals surface area contributed by atoms with Crippen LogP contribution >= 0.6 is 23.1 Å². The van der Waals surface area contributed by atoms with Crippen molar-refractivity contribution < 1.29 is 0 Å². The molecule has 24 heavy (non-hydrogen) atoms. The molecule has 3 aromatic heterocycles. The molecular weight excluding hydrogens is 340 g/mol. The van der Waals surface area contributed by atoms with Gasteiger partial charge in [0.2, 0.25) is 4.96 Å². The topological polar surface area (TPSA) is 60.1 Å². The molecule has 0 aliphatic rings. The van der Waals surface area contributed by atoms with Crippen molar-refractivity contribution in [3.63, 3.8) is 0 Å². The van der Waals surface area contributed by atoms with Crippen LogP contribution in [0.1, 0.15) is 5.56 Å². The van der Waals surface area contributed by atoms with Gasteiger partial charge in [-0.3, -0.25) is 9.78 Å². The van der Waals surface area contributed by atoms with E-state index in [4.69, 9.17) is 0 Å². The second kappa shape index (κ2) is 6.18. The highest BCUT2D eigenvalue weighted by molar-refractivity contribution is 7.98. The van der Waals surface area contributed by atoms with Gasteiger partial charge in [-0.2, -0.15) is 9.50 Å². The molecule has 0 aliphatic carbocycles. The molecule has 4 aromatic rings.